The minimum Gasteiger partial charge on any atom is -0.373 e. The van der Waals surface area contributed by atoms with E-state index >= 15 is 0 Å². The molecule has 1 unspecified atom stereocenters. The number of nitrogens with one attached hydrogen (secondary N) is 1. The molecule has 1 aromatic carbocycles. The molecule has 1 aromatic rings. The second-order valence-corrected chi connectivity index (χ2v) is 7.29. The molecule has 140 valence electrons. The van der Waals surface area contributed by atoms with Crippen molar-refractivity contribution in [2.45, 2.75) is 56.5 Å². The Morgan fingerprint density at radius 3 is 2.58 bits per heavy atom. The van der Waals surface area contributed by atoms with Gasteiger partial charge in [-0.15, -0.1) is 0 Å². The van der Waals surface area contributed by atoms with Crippen LogP contribution in [0.5, 0.6) is 0 Å². The Labute approximate surface area is 152 Å². The van der Waals surface area contributed by atoms with Crippen LogP contribution in [-0.4, -0.2) is 25.2 Å². The number of rotatable bonds is 5. The molecule has 26 heavy (non-hydrogen) atoms. The number of aldehydes is 1. The van der Waals surface area contributed by atoms with Gasteiger partial charge >= 0.3 is 0 Å². The summed E-state index contributed by atoms with van der Waals surface area (Å²) in [6.45, 7) is 0. The van der Waals surface area contributed by atoms with Gasteiger partial charge in [-0.25, -0.2) is 4.39 Å². The van der Waals surface area contributed by atoms with Gasteiger partial charge in [0.25, 0.3) is 0 Å². The highest BCUT2D eigenvalue weighted by Gasteiger charge is 2.39. The number of halogens is 1. The van der Waals surface area contributed by atoms with Crippen LogP contribution in [0.2, 0.25) is 0 Å². The topological polar surface area (TPSA) is 72.5 Å². The lowest BCUT2D eigenvalue weighted by Crippen LogP contribution is -2.39. The van der Waals surface area contributed by atoms with E-state index in [4.69, 9.17) is 4.74 Å². The lowest BCUT2D eigenvalue weighted by Gasteiger charge is -2.39. The number of carbonyl (C=O) groups excluding carboxylic acids is 3. The third-order valence-corrected chi connectivity index (χ3v) is 5.86. The van der Waals surface area contributed by atoms with Gasteiger partial charge in [-0.2, -0.15) is 0 Å². The van der Waals surface area contributed by atoms with E-state index < -0.39 is 11.5 Å². The Bertz CT molecular complexity index is 710. The van der Waals surface area contributed by atoms with E-state index in [0.717, 1.165) is 19.1 Å². The van der Waals surface area contributed by atoms with Crippen molar-refractivity contribution < 1.29 is 23.5 Å². The predicted octanol–water partition coefficient (Wildman–Crippen LogP) is 2.97. The molecule has 1 aliphatic heterocycles. The van der Waals surface area contributed by atoms with Gasteiger partial charge in [0.1, 0.15) is 12.1 Å². The van der Waals surface area contributed by atoms with Crippen molar-refractivity contribution in [3.05, 3.63) is 35.1 Å². The molecule has 3 rings (SSSR count). The van der Waals surface area contributed by atoms with Gasteiger partial charge in [-0.3, -0.25) is 14.9 Å². The zero-order valence-corrected chi connectivity index (χ0v) is 14.9. The molecule has 1 saturated heterocycles. The SMILES string of the molecule is COC1(c2ccc(C3CCC(=O)NC3=O)cc2F)CCC(CC=O)CC1. The number of hydrogen-bond acceptors (Lipinski definition) is 4. The van der Waals surface area contributed by atoms with E-state index in [9.17, 15) is 18.8 Å². The van der Waals surface area contributed by atoms with Crippen molar-refractivity contribution in [3.8, 4) is 0 Å². The maximum absolute atomic E-state index is 14.9. The van der Waals surface area contributed by atoms with Gasteiger partial charge in [-0.1, -0.05) is 12.1 Å². The molecule has 6 heteroatoms. The largest absolute Gasteiger partial charge is 0.373 e. The lowest BCUT2D eigenvalue weighted by atomic mass is 9.73. The standard InChI is InChI=1S/C20H24FNO4/c1-26-20(9-6-13(7-10-20)8-11-23)16-4-2-14(12-17(16)21)15-3-5-18(24)22-19(15)25/h2,4,11-13,15H,3,5-10H2,1H3,(H,22,24,25). The molecular formula is C20H24FNO4. The summed E-state index contributed by atoms with van der Waals surface area (Å²) in [5.41, 5.74) is 0.394. The Hall–Kier alpha value is -2.08. The van der Waals surface area contributed by atoms with Crippen molar-refractivity contribution in [2.75, 3.05) is 7.11 Å². The fourth-order valence-corrected chi connectivity index (χ4v) is 4.23. The second kappa shape index (κ2) is 7.66. The van der Waals surface area contributed by atoms with Gasteiger partial charge in [-0.05, 0) is 49.7 Å². The monoisotopic (exact) mass is 361 g/mol. The van der Waals surface area contributed by atoms with E-state index in [1.54, 1.807) is 19.2 Å². The summed E-state index contributed by atoms with van der Waals surface area (Å²) in [5, 5.41) is 2.31. The maximum Gasteiger partial charge on any atom is 0.234 e. The van der Waals surface area contributed by atoms with Crippen LogP contribution in [0, 0.1) is 11.7 Å². The van der Waals surface area contributed by atoms with E-state index in [2.05, 4.69) is 5.32 Å². The molecule has 1 saturated carbocycles. The summed E-state index contributed by atoms with van der Waals surface area (Å²) in [4.78, 5) is 34.0. The number of piperidine rings is 1. The third-order valence-electron chi connectivity index (χ3n) is 5.86. The quantitative estimate of drug-likeness (QED) is 0.646. The van der Waals surface area contributed by atoms with Crippen molar-refractivity contribution in [2.24, 2.45) is 5.92 Å². The molecule has 0 aromatic heterocycles. The number of hydrogen-bond donors (Lipinski definition) is 1. The lowest BCUT2D eigenvalue weighted by molar-refractivity contribution is -0.134. The fourth-order valence-electron chi connectivity index (χ4n) is 4.23. The number of methoxy groups -OCH3 is 1. The molecule has 5 nitrogen and oxygen atoms in total. The number of benzene rings is 1. The van der Waals surface area contributed by atoms with E-state index in [1.807, 2.05) is 0 Å². The first-order chi connectivity index (χ1) is 12.5. The Kier molecular flexibility index (Phi) is 5.51. The van der Waals surface area contributed by atoms with Crippen molar-refractivity contribution in [1.82, 2.24) is 5.32 Å². The molecule has 0 radical (unpaired) electrons. The molecule has 2 fully saturated rings. The molecule has 2 amide bonds. The molecule has 0 spiro atoms. The van der Waals surface area contributed by atoms with Crippen LogP contribution in [0.25, 0.3) is 0 Å². The summed E-state index contributed by atoms with van der Waals surface area (Å²) < 4.78 is 20.7. The smallest absolute Gasteiger partial charge is 0.234 e. The number of carbonyl (C=O) groups is 3. The Morgan fingerprint density at radius 2 is 2.00 bits per heavy atom. The van der Waals surface area contributed by atoms with Crippen LogP contribution in [0.1, 0.15) is 62.0 Å². The first-order valence-corrected chi connectivity index (χ1v) is 9.11. The van der Waals surface area contributed by atoms with Crippen LogP contribution in [0.4, 0.5) is 4.39 Å². The fraction of sp³-hybridized carbons (Fsp3) is 0.550. The van der Waals surface area contributed by atoms with Gasteiger partial charge in [0.2, 0.25) is 11.8 Å². The molecule has 1 atom stereocenters. The highest BCUT2D eigenvalue weighted by molar-refractivity contribution is 6.00. The van der Waals surface area contributed by atoms with Crippen molar-refractivity contribution in [1.29, 1.82) is 0 Å². The third kappa shape index (κ3) is 3.56. The first kappa shape index (κ1) is 18.7. The summed E-state index contributed by atoms with van der Waals surface area (Å²) in [5.74, 6) is -1.21. The number of amides is 2. The molecular weight excluding hydrogens is 337 g/mol. The maximum atomic E-state index is 14.9. The zero-order chi connectivity index (χ0) is 18.7. The van der Waals surface area contributed by atoms with Crippen molar-refractivity contribution in [3.63, 3.8) is 0 Å². The summed E-state index contributed by atoms with van der Waals surface area (Å²) >= 11 is 0. The van der Waals surface area contributed by atoms with Gasteiger partial charge in [0.15, 0.2) is 0 Å². The normalized spacial score (nSPS) is 29.3. The molecule has 0 bridgehead atoms. The number of imide groups is 1. The first-order valence-electron chi connectivity index (χ1n) is 9.11. The van der Waals surface area contributed by atoms with E-state index in [-0.39, 0.29) is 24.1 Å². The van der Waals surface area contributed by atoms with E-state index in [1.165, 1.54) is 6.07 Å². The van der Waals surface area contributed by atoms with Gasteiger partial charge < -0.3 is 9.53 Å². The minimum atomic E-state index is -0.688. The average molecular weight is 361 g/mol. The van der Waals surface area contributed by atoms with Gasteiger partial charge in [0, 0.05) is 25.5 Å². The van der Waals surface area contributed by atoms with Crippen LogP contribution >= 0.6 is 0 Å². The Morgan fingerprint density at radius 1 is 1.27 bits per heavy atom. The summed E-state index contributed by atoms with van der Waals surface area (Å²) in [6, 6.07) is 4.86. The van der Waals surface area contributed by atoms with Crippen LogP contribution in [-0.2, 0) is 24.7 Å². The molecule has 1 heterocycles. The second-order valence-electron chi connectivity index (χ2n) is 7.29. The summed E-state index contributed by atoms with van der Waals surface area (Å²) in [7, 11) is 1.59. The average Bonchev–Trinajstić information content (AvgIpc) is 2.63. The van der Waals surface area contributed by atoms with Gasteiger partial charge in [0.05, 0.1) is 11.5 Å². The highest BCUT2D eigenvalue weighted by Crippen LogP contribution is 2.44. The van der Waals surface area contributed by atoms with Crippen molar-refractivity contribution >= 4 is 18.1 Å². The Balaban J connectivity index is 1.81. The zero-order valence-electron chi connectivity index (χ0n) is 14.9. The highest BCUT2D eigenvalue weighted by atomic mass is 19.1. The molecule has 1 aliphatic carbocycles. The molecule has 2 aliphatic rings. The molecule has 1 N–H and O–H groups in total. The van der Waals surface area contributed by atoms with Crippen LogP contribution in [0.15, 0.2) is 18.2 Å². The van der Waals surface area contributed by atoms with Crippen LogP contribution < -0.4 is 5.32 Å². The van der Waals surface area contributed by atoms with E-state index in [0.29, 0.717) is 42.7 Å². The number of ether oxygens (including phenoxy) is 1. The van der Waals surface area contributed by atoms with Crippen LogP contribution in [0.3, 0.4) is 0 Å². The minimum absolute atomic E-state index is 0.264. The predicted molar refractivity (Wildman–Crippen MR) is 92.9 cm³/mol. The summed E-state index contributed by atoms with van der Waals surface area (Å²) in [6.07, 6.45) is 5.11.